The number of hydrogen-bond donors (Lipinski definition) is 2. The molecule has 1 aliphatic heterocycles. The van der Waals surface area contributed by atoms with Crippen molar-refractivity contribution in [3.05, 3.63) is 83.4 Å². The number of fused-ring (bicyclic) bond motifs is 1. The molecule has 1 unspecified atom stereocenters. The van der Waals surface area contributed by atoms with Crippen molar-refractivity contribution in [1.82, 2.24) is 0 Å². The zero-order chi connectivity index (χ0) is 22.5. The Morgan fingerprint density at radius 3 is 2.25 bits per heavy atom. The summed E-state index contributed by atoms with van der Waals surface area (Å²) in [7, 11) is 0. The summed E-state index contributed by atoms with van der Waals surface area (Å²) in [4.78, 5) is 18.1. The second kappa shape index (κ2) is 9.66. The monoisotopic (exact) mass is 429 g/mol. The van der Waals surface area contributed by atoms with E-state index in [-0.39, 0.29) is 5.91 Å². The summed E-state index contributed by atoms with van der Waals surface area (Å²) >= 11 is 0. The molecule has 0 aromatic heterocycles. The highest BCUT2D eigenvalue weighted by Gasteiger charge is 2.36. The molecule has 0 fully saturated rings. The molecule has 3 N–H and O–H groups in total. The third-order valence-electron chi connectivity index (χ3n) is 5.31. The first-order valence-electron chi connectivity index (χ1n) is 10.8. The third-order valence-corrected chi connectivity index (χ3v) is 5.31. The van der Waals surface area contributed by atoms with E-state index in [1.165, 1.54) is 0 Å². The minimum Gasteiger partial charge on any atom is -0.490 e. The Morgan fingerprint density at radius 1 is 0.969 bits per heavy atom. The lowest BCUT2D eigenvalue weighted by atomic mass is 9.90. The van der Waals surface area contributed by atoms with E-state index < -0.39 is 5.92 Å². The van der Waals surface area contributed by atoms with E-state index in [1.807, 2.05) is 80.6 Å². The molecule has 164 valence electrons. The van der Waals surface area contributed by atoms with Crippen molar-refractivity contribution in [2.45, 2.75) is 26.3 Å². The van der Waals surface area contributed by atoms with Crippen LogP contribution in [0.15, 0.2) is 71.7 Å². The van der Waals surface area contributed by atoms with Crippen molar-refractivity contribution in [3.8, 4) is 11.5 Å². The smallest absolute Gasteiger partial charge is 0.238 e. The van der Waals surface area contributed by atoms with Crippen molar-refractivity contribution < 1.29 is 14.3 Å². The van der Waals surface area contributed by atoms with Gasteiger partial charge >= 0.3 is 0 Å². The van der Waals surface area contributed by atoms with Crippen LogP contribution >= 0.6 is 0 Å². The highest BCUT2D eigenvalue weighted by Crippen LogP contribution is 2.43. The standard InChI is InChI=1S/C26H27N3O3/c1-3-31-22-14-20-21(15-23(22)32-4-2)29-26(30)24(20)25(18-8-6-5-7-9-18)28-19-12-10-17(16-27)11-13-19/h5-15,24H,3-4,16,27H2,1-2H3,(H,29,30). The number of hydrogen-bond acceptors (Lipinski definition) is 5. The zero-order valence-electron chi connectivity index (χ0n) is 18.3. The molecule has 0 aliphatic carbocycles. The molecule has 1 aliphatic rings. The Labute approximate surface area is 188 Å². The summed E-state index contributed by atoms with van der Waals surface area (Å²) in [5.74, 6) is 0.535. The predicted octanol–water partition coefficient (Wildman–Crippen LogP) is 4.80. The maximum absolute atomic E-state index is 13.2. The second-order valence-electron chi connectivity index (χ2n) is 7.41. The maximum atomic E-state index is 13.2. The van der Waals surface area contributed by atoms with Crippen molar-refractivity contribution in [1.29, 1.82) is 0 Å². The molecule has 6 heteroatoms. The predicted molar refractivity (Wildman–Crippen MR) is 127 cm³/mol. The van der Waals surface area contributed by atoms with Crippen LogP contribution in [0.4, 0.5) is 11.4 Å². The van der Waals surface area contributed by atoms with Gasteiger partial charge in [-0.2, -0.15) is 0 Å². The number of nitrogens with one attached hydrogen (secondary N) is 1. The van der Waals surface area contributed by atoms with Crippen LogP contribution in [0.3, 0.4) is 0 Å². The second-order valence-corrected chi connectivity index (χ2v) is 7.41. The summed E-state index contributed by atoms with van der Waals surface area (Å²) in [5, 5.41) is 3.00. The lowest BCUT2D eigenvalue weighted by molar-refractivity contribution is -0.115. The lowest BCUT2D eigenvalue weighted by Gasteiger charge is -2.16. The fourth-order valence-corrected chi connectivity index (χ4v) is 3.83. The maximum Gasteiger partial charge on any atom is 0.238 e. The Bertz CT molecular complexity index is 1130. The molecule has 6 nitrogen and oxygen atoms in total. The molecule has 3 aromatic carbocycles. The van der Waals surface area contributed by atoms with E-state index >= 15 is 0 Å². The number of benzene rings is 3. The van der Waals surface area contributed by atoms with Crippen molar-refractivity contribution >= 4 is 23.0 Å². The first-order valence-corrected chi connectivity index (χ1v) is 10.8. The number of carbonyl (C=O) groups excluding carboxylic acids is 1. The summed E-state index contributed by atoms with van der Waals surface area (Å²) in [5.41, 5.74) is 10.6. The van der Waals surface area contributed by atoms with Gasteiger partial charge in [-0.1, -0.05) is 42.5 Å². The lowest BCUT2D eigenvalue weighted by Crippen LogP contribution is -2.22. The quantitative estimate of drug-likeness (QED) is 0.504. The molecule has 1 heterocycles. The van der Waals surface area contributed by atoms with E-state index in [1.54, 1.807) is 0 Å². The van der Waals surface area contributed by atoms with Crippen LogP contribution in [-0.2, 0) is 11.3 Å². The van der Waals surface area contributed by atoms with Gasteiger partial charge in [-0.15, -0.1) is 0 Å². The minimum absolute atomic E-state index is 0.128. The summed E-state index contributed by atoms with van der Waals surface area (Å²) in [6.07, 6.45) is 0. The van der Waals surface area contributed by atoms with E-state index in [4.69, 9.17) is 20.2 Å². The number of nitrogens with two attached hydrogens (primary N) is 1. The van der Waals surface area contributed by atoms with Gasteiger partial charge in [0.25, 0.3) is 0 Å². The van der Waals surface area contributed by atoms with Crippen molar-refractivity contribution in [2.24, 2.45) is 10.7 Å². The average molecular weight is 430 g/mol. The number of rotatable bonds is 8. The molecule has 32 heavy (non-hydrogen) atoms. The molecule has 3 aromatic rings. The van der Waals surface area contributed by atoms with Crippen LogP contribution in [0.1, 0.15) is 36.5 Å². The van der Waals surface area contributed by atoms with Crippen LogP contribution in [0.2, 0.25) is 0 Å². The SMILES string of the molecule is CCOc1cc2c(cc1OCC)C(C(=Nc1ccc(CN)cc1)c1ccccc1)C(=O)N2. The molecule has 0 spiro atoms. The highest BCUT2D eigenvalue weighted by molar-refractivity contribution is 6.24. The van der Waals surface area contributed by atoms with E-state index in [0.29, 0.717) is 42.7 Å². The van der Waals surface area contributed by atoms with Crippen LogP contribution in [0.25, 0.3) is 0 Å². The van der Waals surface area contributed by atoms with Gasteiger partial charge in [-0.3, -0.25) is 9.79 Å². The largest absolute Gasteiger partial charge is 0.490 e. The van der Waals surface area contributed by atoms with E-state index in [2.05, 4.69) is 5.32 Å². The first-order chi connectivity index (χ1) is 15.6. The van der Waals surface area contributed by atoms with Crippen LogP contribution in [0, 0.1) is 0 Å². The van der Waals surface area contributed by atoms with Crippen molar-refractivity contribution in [2.75, 3.05) is 18.5 Å². The van der Waals surface area contributed by atoms with Crippen molar-refractivity contribution in [3.63, 3.8) is 0 Å². The van der Waals surface area contributed by atoms with E-state index in [0.717, 1.165) is 22.4 Å². The van der Waals surface area contributed by atoms with Gasteiger partial charge in [-0.05, 0) is 48.7 Å². The number of nitrogens with zero attached hydrogens (tertiary/aromatic N) is 1. The number of anilines is 1. The first kappa shape index (κ1) is 21.6. The zero-order valence-corrected chi connectivity index (χ0v) is 18.3. The molecule has 0 saturated heterocycles. The van der Waals surface area contributed by atoms with Gasteiger partial charge in [-0.25, -0.2) is 0 Å². The Balaban J connectivity index is 1.84. The summed E-state index contributed by atoms with van der Waals surface area (Å²) in [6, 6.07) is 21.2. The van der Waals surface area contributed by atoms with Gasteiger partial charge in [0.15, 0.2) is 11.5 Å². The molecule has 1 amide bonds. The Morgan fingerprint density at radius 2 is 1.62 bits per heavy atom. The highest BCUT2D eigenvalue weighted by atomic mass is 16.5. The summed E-state index contributed by atoms with van der Waals surface area (Å²) < 4.78 is 11.5. The van der Waals surface area contributed by atoms with Gasteiger partial charge in [0, 0.05) is 18.3 Å². The van der Waals surface area contributed by atoms with Gasteiger partial charge in [0.2, 0.25) is 5.91 Å². The van der Waals surface area contributed by atoms with Gasteiger partial charge in [0.05, 0.1) is 24.6 Å². The third kappa shape index (κ3) is 4.36. The number of carbonyl (C=O) groups is 1. The van der Waals surface area contributed by atoms with Crippen LogP contribution in [-0.4, -0.2) is 24.8 Å². The molecular formula is C26H27N3O3. The minimum atomic E-state index is -0.573. The number of ether oxygens (including phenoxy) is 2. The Kier molecular flexibility index (Phi) is 6.52. The number of amides is 1. The molecule has 0 bridgehead atoms. The molecule has 0 saturated carbocycles. The van der Waals surface area contributed by atoms with E-state index in [9.17, 15) is 4.79 Å². The fraction of sp³-hybridized carbons (Fsp3) is 0.231. The number of aliphatic imine (C=N–C) groups is 1. The molecule has 0 radical (unpaired) electrons. The van der Waals surface area contributed by atoms with Gasteiger partial charge < -0.3 is 20.5 Å². The molecule has 1 atom stereocenters. The molecular weight excluding hydrogens is 402 g/mol. The normalized spacial score (nSPS) is 15.3. The topological polar surface area (TPSA) is 85.9 Å². The van der Waals surface area contributed by atoms with Gasteiger partial charge in [0.1, 0.15) is 5.92 Å². The molecule has 4 rings (SSSR count). The fourth-order valence-electron chi connectivity index (χ4n) is 3.83. The van der Waals surface area contributed by atoms with Crippen LogP contribution < -0.4 is 20.5 Å². The van der Waals surface area contributed by atoms with Crippen LogP contribution in [0.5, 0.6) is 11.5 Å². The average Bonchev–Trinajstić information content (AvgIpc) is 3.13. The summed E-state index contributed by atoms with van der Waals surface area (Å²) in [6.45, 7) is 5.31. The Hall–Kier alpha value is -3.64.